The Morgan fingerprint density at radius 3 is 2.00 bits per heavy atom. The highest BCUT2D eigenvalue weighted by Gasteiger charge is 2.07. The van der Waals surface area contributed by atoms with Gasteiger partial charge in [-0.3, -0.25) is 4.57 Å². The zero-order valence-electron chi connectivity index (χ0n) is 12.7. The van der Waals surface area contributed by atoms with Crippen molar-refractivity contribution in [2.75, 3.05) is 5.73 Å². The molecule has 0 fully saturated rings. The standard InChI is InChI=1S/C13H11N3.2C2H6/c14-13-15-11-8-4-5-9-12(11)16(13)10-6-2-1-3-7-10;2*1-2/h1-9H,(H2,14,15);2*1-2H3. The summed E-state index contributed by atoms with van der Waals surface area (Å²) in [7, 11) is 0. The van der Waals surface area contributed by atoms with Crippen molar-refractivity contribution in [2.24, 2.45) is 0 Å². The van der Waals surface area contributed by atoms with Crippen LogP contribution in [0.4, 0.5) is 5.95 Å². The first-order valence-electron chi connectivity index (χ1n) is 7.14. The van der Waals surface area contributed by atoms with E-state index in [4.69, 9.17) is 5.73 Å². The number of imidazole rings is 1. The van der Waals surface area contributed by atoms with Crippen LogP contribution in [0.5, 0.6) is 0 Å². The van der Waals surface area contributed by atoms with Crippen LogP contribution in [-0.4, -0.2) is 9.55 Å². The lowest BCUT2D eigenvalue weighted by molar-refractivity contribution is 1.11. The molecule has 0 saturated heterocycles. The molecule has 2 N–H and O–H groups in total. The fourth-order valence-electron chi connectivity index (χ4n) is 1.89. The molecule has 0 bridgehead atoms. The summed E-state index contributed by atoms with van der Waals surface area (Å²) in [6.07, 6.45) is 0. The lowest BCUT2D eigenvalue weighted by atomic mass is 10.3. The zero-order chi connectivity index (χ0) is 15.0. The number of anilines is 1. The monoisotopic (exact) mass is 269 g/mol. The average Bonchev–Trinajstić information content (AvgIpc) is 2.88. The molecule has 0 atom stereocenters. The van der Waals surface area contributed by atoms with Gasteiger partial charge in [0.2, 0.25) is 5.95 Å². The second-order valence-electron chi connectivity index (χ2n) is 3.63. The van der Waals surface area contributed by atoms with E-state index in [2.05, 4.69) is 4.98 Å². The minimum Gasteiger partial charge on any atom is -0.369 e. The van der Waals surface area contributed by atoms with Crippen LogP contribution in [0.3, 0.4) is 0 Å². The molecular weight excluding hydrogens is 246 g/mol. The molecule has 3 heteroatoms. The quantitative estimate of drug-likeness (QED) is 0.698. The van der Waals surface area contributed by atoms with Crippen molar-refractivity contribution in [1.29, 1.82) is 0 Å². The molecular formula is C17H23N3. The van der Waals surface area contributed by atoms with Crippen molar-refractivity contribution >= 4 is 17.0 Å². The number of nitrogens with two attached hydrogens (primary N) is 1. The summed E-state index contributed by atoms with van der Waals surface area (Å²) in [5.41, 5.74) is 8.93. The van der Waals surface area contributed by atoms with Gasteiger partial charge < -0.3 is 5.73 Å². The number of aromatic nitrogens is 2. The summed E-state index contributed by atoms with van der Waals surface area (Å²) in [6.45, 7) is 8.00. The normalized spacial score (nSPS) is 9.20. The predicted molar refractivity (Wildman–Crippen MR) is 88.2 cm³/mol. The molecule has 0 aliphatic heterocycles. The van der Waals surface area contributed by atoms with E-state index in [1.165, 1.54) is 0 Å². The molecule has 0 amide bonds. The van der Waals surface area contributed by atoms with Crippen LogP contribution in [0.15, 0.2) is 54.6 Å². The van der Waals surface area contributed by atoms with Crippen LogP contribution in [0, 0.1) is 0 Å². The topological polar surface area (TPSA) is 43.8 Å². The highest BCUT2D eigenvalue weighted by atomic mass is 15.2. The number of hydrogen-bond donors (Lipinski definition) is 1. The SMILES string of the molecule is CC.CC.Nc1nc2ccccc2n1-c1ccccc1. The Balaban J connectivity index is 0.000000461. The maximum atomic E-state index is 5.94. The van der Waals surface area contributed by atoms with Gasteiger partial charge in [0.25, 0.3) is 0 Å². The maximum absolute atomic E-state index is 5.94. The second-order valence-corrected chi connectivity index (χ2v) is 3.63. The third-order valence-corrected chi connectivity index (χ3v) is 2.60. The van der Waals surface area contributed by atoms with Crippen molar-refractivity contribution in [3.05, 3.63) is 54.6 Å². The van der Waals surface area contributed by atoms with E-state index in [1.54, 1.807) is 0 Å². The lowest BCUT2D eigenvalue weighted by Gasteiger charge is -2.05. The van der Waals surface area contributed by atoms with Gasteiger partial charge in [0.15, 0.2) is 0 Å². The molecule has 2 aromatic carbocycles. The summed E-state index contributed by atoms with van der Waals surface area (Å²) in [5.74, 6) is 0.521. The number of fused-ring (bicyclic) bond motifs is 1. The van der Waals surface area contributed by atoms with Gasteiger partial charge >= 0.3 is 0 Å². The molecule has 0 aliphatic carbocycles. The third-order valence-electron chi connectivity index (χ3n) is 2.60. The van der Waals surface area contributed by atoms with E-state index < -0.39 is 0 Å². The van der Waals surface area contributed by atoms with E-state index in [-0.39, 0.29) is 0 Å². The molecule has 0 radical (unpaired) electrons. The summed E-state index contributed by atoms with van der Waals surface area (Å²) in [5, 5.41) is 0. The zero-order valence-corrected chi connectivity index (χ0v) is 12.7. The Kier molecular flexibility index (Phi) is 6.30. The fourth-order valence-corrected chi connectivity index (χ4v) is 1.89. The van der Waals surface area contributed by atoms with Crippen molar-refractivity contribution < 1.29 is 0 Å². The van der Waals surface area contributed by atoms with Gasteiger partial charge in [-0.1, -0.05) is 58.0 Å². The Bertz CT molecular complexity index is 627. The van der Waals surface area contributed by atoms with Crippen molar-refractivity contribution in [3.8, 4) is 5.69 Å². The summed E-state index contributed by atoms with van der Waals surface area (Å²) in [6, 6.07) is 17.9. The van der Waals surface area contributed by atoms with Crippen molar-refractivity contribution in [1.82, 2.24) is 9.55 Å². The van der Waals surface area contributed by atoms with Gasteiger partial charge in [-0.05, 0) is 24.3 Å². The van der Waals surface area contributed by atoms with Crippen LogP contribution in [0.2, 0.25) is 0 Å². The number of benzene rings is 2. The molecule has 0 aliphatic rings. The van der Waals surface area contributed by atoms with Gasteiger partial charge in [-0.15, -0.1) is 0 Å². The molecule has 0 unspecified atom stereocenters. The van der Waals surface area contributed by atoms with Gasteiger partial charge in [-0.25, -0.2) is 4.98 Å². The molecule has 1 heterocycles. The number of nitrogen functional groups attached to an aromatic ring is 1. The third kappa shape index (κ3) is 3.18. The highest BCUT2D eigenvalue weighted by Crippen LogP contribution is 2.22. The summed E-state index contributed by atoms with van der Waals surface area (Å²) in [4.78, 5) is 4.33. The molecule has 3 rings (SSSR count). The lowest BCUT2D eigenvalue weighted by Crippen LogP contribution is -1.99. The maximum Gasteiger partial charge on any atom is 0.205 e. The second kappa shape index (κ2) is 8.00. The Morgan fingerprint density at radius 2 is 1.35 bits per heavy atom. The minimum absolute atomic E-state index is 0.521. The van der Waals surface area contributed by atoms with Crippen LogP contribution in [0.25, 0.3) is 16.7 Å². The first-order valence-corrected chi connectivity index (χ1v) is 7.14. The first kappa shape index (κ1) is 15.8. The van der Waals surface area contributed by atoms with Crippen molar-refractivity contribution in [2.45, 2.75) is 27.7 Å². The van der Waals surface area contributed by atoms with Crippen LogP contribution in [-0.2, 0) is 0 Å². The smallest absolute Gasteiger partial charge is 0.205 e. The van der Waals surface area contributed by atoms with Gasteiger partial charge in [-0.2, -0.15) is 0 Å². The number of nitrogens with zero attached hydrogens (tertiary/aromatic N) is 2. The molecule has 0 saturated carbocycles. The van der Waals surface area contributed by atoms with Crippen LogP contribution in [0.1, 0.15) is 27.7 Å². The summed E-state index contributed by atoms with van der Waals surface area (Å²) < 4.78 is 1.95. The first-order chi connectivity index (χ1) is 9.86. The summed E-state index contributed by atoms with van der Waals surface area (Å²) >= 11 is 0. The van der Waals surface area contributed by atoms with Gasteiger partial charge in [0.05, 0.1) is 11.0 Å². The Morgan fingerprint density at radius 1 is 0.800 bits per heavy atom. The average molecular weight is 269 g/mol. The van der Waals surface area contributed by atoms with E-state index >= 15 is 0 Å². The Hall–Kier alpha value is -2.29. The minimum atomic E-state index is 0.521. The molecule has 0 spiro atoms. The molecule has 3 nitrogen and oxygen atoms in total. The molecule has 3 aromatic rings. The number of rotatable bonds is 1. The van der Waals surface area contributed by atoms with Crippen molar-refractivity contribution in [3.63, 3.8) is 0 Å². The van der Waals surface area contributed by atoms with E-state index in [0.717, 1.165) is 16.7 Å². The molecule has 106 valence electrons. The van der Waals surface area contributed by atoms with Crippen LogP contribution >= 0.6 is 0 Å². The van der Waals surface area contributed by atoms with Gasteiger partial charge in [0.1, 0.15) is 0 Å². The predicted octanol–water partition coefficient (Wildman–Crippen LogP) is 4.66. The molecule has 20 heavy (non-hydrogen) atoms. The molecule has 1 aromatic heterocycles. The number of hydrogen-bond acceptors (Lipinski definition) is 2. The van der Waals surface area contributed by atoms with Gasteiger partial charge in [0, 0.05) is 5.69 Å². The fraction of sp³-hybridized carbons (Fsp3) is 0.235. The number of para-hydroxylation sites is 3. The Labute approximate surface area is 121 Å². The van der Waals surface area contributed by atoms with E-state index in [1.807, 2.05) is 86.9 Å². The van der Waals surface area contributed by atoms with E-state index in [0.29, 0.717) is 5.95 Å². The largest absolute Gasteiger partial charge is 0.369 e. The van der Waals surface area contributed by atoms with Crippen LogP contribution < -0.4 is 5.73 Å². The highest BCUT2D eigenvalue weighted by molar-refractivity contribution is 5.80. The van der Waals surface area contributed by atoms with E-state index in [9.17, 15) is 0 Å².